The van der Waals surface area contributed by atoms with Crippen LogP contribution in [0.3, 0.4) is 0 Å². The number of alkyl halides is 3. The van der Waals surface area contributed by atoms with Crippen LogP contribution in [0.2, 0.25) is 0 Å². The Balaban J connectivity index is 2.34. The molecule has 1 fully saturated rings. The molecular formula is C19H27BF3NO4. The summed E-state index contributed by atoms with van der Waals surface area (Å²) in [5.41, 5.74) is -2.72. The fourth-order valence-electron chi connectivity index (χ4n) is 2.53. The number of hydrogen-bond donors (Lipinski definition) is 0. The van der Waals surface area contributed by atoms with Gasteiger partial charge >= 0.3 is 19.5 Å². The van der Waals surface area contributed by atoms with Crippen molar-refractivity contribution in [3.63, 3.8) is 0 Å². The van der Waals surface area contributed by atoms with Crippen LogP contribution in [0.4, 0.5) is 18.0 Å². The van der Waals surface area contributed by atoms with Gasteiger partial charge in [0.2, 0.25) is 0 Å². The highest BCUT2D eigenvalue weighted by atomic mass is 19.4. The van der Waals surface area contributed by atoms with Crippen molar-refractivity contribution in [2.75, 3.05) is 0 Å². The quantitative estimate of drug-likeness (QED) is 0.667. The van der Waals surface area contributed by atoms with Crippen LogP contribution in [-0.2, 0) is 26.8 Å². The van der Waals surface area contributed by atoms with Crippen molar-refractivity contribution in [2.24, 2.45) is 0 Å². The van der Waals surface area contributed by atoms with Gasteiger partial charge in [-0.2, -0.15) is 13.2 Å². The number of nitrogens with zero attached hydrogens (tertiary/aromatic N) is 1. The molecule has 28 heavy (non-hydrogen) atoms. The first kappa shape index (κ1) is 22.6. The number of carbonyl (C=O) groups is 1. The maximum absolute atomic E-state index is 13.0. The standard InChI is InChI=1S/C19H27BF3NO4/c1-16(2,3)26-15(25)24(20-27-17(4,5)18(6,7)28-20)12-13-9-8-10-14(11-13)19(21,22)23/h8-11H,12H2,1-7H3. The normalized spacial score (nSPS) is 18.9. The van der Waals surface area contributed by atoms with Gasteiger partial charge in [-0.3, -0.25) is 4.81 Å². The number of carbonyl (C=O) groups excluding carboxylic acids is 1. The van der Waals surface area contributed by atoms with Gasteiger partial charge in [-0.1, -0.05) is 12.1 Å². The van der Waals surface area contributed by atoms with Crippen LogP contribution in [0.15, 0.2) is 24.3 Å². The van der Waals surface area contributed by atoms with E-state index in [4.69, 9.17) is 14.0 Å². The Morgan fingerprint density at radius 1 is 1.11 bits per heavy atom. The van der Waals surface area contributed by atoms with Crippen molar-refractivity contribution in [3.8, 4) is 0 Å². The number of hydrogen-bond acceptors (Lipinski definition) is 4. The van der Waals surface area contributed by atoms with Gasteiger partial charge in [0.05, 0.1) is 16.8 Å². The third-order valence-corrected chi connectivity index (χ3v) is 4.73. The molecule has 1 saturated heterocycles. The van der Waals surface area contributed by atoms with E-state index < -0.39 is 41.9 Å². The summed E-state index contributed by atoms with van der Waals surface area (Å²) in [6.07, 6.45) is -5.21. The SMILES string of the molecule is CC(C)(C)OC(=O)N(Cc1cccc(C(F)(F)F)c1)B1OC(C)(C)C(C)(C)O1. The Labute approximate surface area is 164 Å². The Morgan fingerprint density at radius 3 is 2.11 bits per heavy atom. The highest BCUT2D eigenvalue weighted by Gasteiger charge is 2.55. The summed E-state index contributed by atoms with van der Waals surface area (Å²) in [5, 5.41) is 0. The molecule has 1 aliphatic heterocycles. The minimum absolute atomic E-state index is 0.157. The van der Waals surface area contributed by atoms with Gasteiger partial charge in [0, 0.05) is 6.54 Å². The predicted molar refractivity (Wildman–Crippen MR) is 99.3 cm³/mol. The summed E-state index contributed by atoms with van der Waals surface area (Å²) in [4.78, 5) is 13.9. The van der Waals surface area contributed by atoms with Crippen molar-refractivity contribution in [2.45, 2.75) is 78.0 Å². The van der Waals surface area contributed by atoms with E-state index in [1.807, 2.05) is 27.7 Å². The lowest BCUT2D eigenvalue weighted by molar-refractivity contribution is -0.137. The number of halogens is 3. The van der Waals surface area contributed by atoms with Crippen LogP contribution in [0.25, 0.3) is 0 Å². The van der Waals surface area contributed by atoms with Crippen LogP contribution in [0.1, 0.15) is 59.6 Å². The Bertz CT molecular complexity index is 713. The minimum Gasteiger partial charge on any atom is -0.444 e. The zero-order chi connectivity index (χ0) is 21.5. The predicted octanol–water partition coefficient (Wildman–Crippen LogP) is 5.03. The molecule has 0 N–H and O–H groups in total. The highest BCUT2D eigenvalue weighted by molar-refractivity contribution is 6.45. The second-order valence-electron chi connectivity index (χ2n) is 8.87. The maximum Gasteiger partial charge on any atom is 0.599 e. The average Bonchev–Trinajstić information content (AvgIpc) is 2.70. The number of ether oxygens (including phenoxy) is 1. The third kappa shape index (κ3) is 5.20. The Morgan fingerprint density at radius 2 is 1.64 bits per heavy atom. The molecule has 0 unspecified atom stereocenters. The summed E-state index contributed by atoms with van der Waals surface area (Å²) < 4.78 is 56.4. The average molecular weight is 401 g/mol. The van der Waals surface area contributed by atoms with Crippen molar-refractivity contribution < 1.29 is 32.0 Å². The first-order valence-corrected chi connectivity index (χ1v) is 9.03. The van der Waals surface area contributed by atoms with E-state index in [0.29, 0.717) is 0 Å². The van der Waals surface area contributed by atoms with E-state index in [2.05, 4.69) is 0 Å². The Hall–Kier alpha value is -1.74. The van der Waals surface area contributed by atoms with Gasteiger partial charge in [-0.15, -0.1) is 0 Å². The van der Waals surface area contributed by atoms with Crippen LogP contribution in [0.5, 0.6) is 0 Å². The van der Waals surface area contributed by atoms with Gasteiger partial charge in [-0.25, -0.2) is 4.79 Å². The van der Waals surface area contributed by atoms with Gasteiger partial charge in [0.25, 0.3) is 0 Å². The van der Waals surface area contributed by atoms with Crippen LogP contribution in [-0.4, -0.2) is 35.0 Å². The molecule has 0 saturated carbocycles. The van der Waals surface area contributed by atoms with E-state index in [1.165, 1.54) is 12.1 Å². The van der Waals surface area contributed by atoms with Crippen molar-refractivity contribution in [1.29, 1.82) is 0 Å². The first-order chi connectivity index (χ1) is 12.5. The van der Waals surface area contributed by atoms with E-state index >= 15 is 0 Å². The van der Waals surface area contributed by atoms with Gasteiger partial charge < -0.3 is 14.0 Å². The molecule has 0 spiro atoms. The summed E-state index contributed by atoms with van der Waals surface area (Å²) >= 11 is 0. The summed E-state index contributed by atoms with van der Waals surface area (Å²) in [6, 6.07) is 4.80. The van der Waals surface area contributed by atoms with Crippen LogP contribution < -0.4 is 0 Å². The fourth-order valence-corrected chi connectivity index (χ4v) is 2.53. The molecular weight excluding hydrogens is 374 g/mol. The Kier molecular flexibility index (Phi) is 5.85. The molecule has 5 nitrogen and oxygen atoms in total. The monoisotopic (exact) mass is 401 g/mol. The molecule has 0 aliphatic carbocycles. The lowest BCUT2D eigenvalue weighted by Gasteiger charge is -2.32. The molecule has 0 aromatic heterocycles. The number of benzene rings is 1. The van der Waals surface area contributed by atoms with Crippen LogP contribution in [0, 0.1) is 0 Å². The highest BCUT2D eigenvalue weighted by Crippen LogP contribution is 2.38. The maximum atomic E-state index is 13.0. The molecule has 1 amide bonds. The molecule has 1 aliphatic rings. The molecule has 1 aromatic carbocycles. The van der Waals surface area contributed by atoms with E-state index in [1.54, 1.807) is 20.8 Å². The molecule has 2 rings (SSSR count). The minimum atomic E-state index is -4.48. The summed E-state index contributed by atoms with van der Waals surface area (Å²) in [6.45, 7) is 12.3. The van der Waals surface area contributed by atoms with E-state index in [9.17, 15) is 18.0 Å². The van der Waals surface area contributed by atoms with E-state index in [-0.39, 0.29) is 12.1 Å². The number of amides is 1. The third-order valence-electron chi connectivity index (χ3n) is 4.73. The van der Waals surface area contributed by atoms with Gasteiger partial charge in [0.15, 0.2) is 0 Å². The molecule has 0 atom stereocenters. The smallest absolute Gasteiger partial charge is 0.444 e. The van der Waals surface area contributed by atoms with Gasteiger partial charge in [0.1, 0.15) is 5.60 Å². The van der Waals surface area contributed by atoms with Crippen molar-refractivity contribution in [3.05, 3.63) is 35.4 Å². The summed E-state index contributed by atoms with van der Waals surface area (Å²) in [7, 11) is -1.09. The largest absolute Gasteiger partial charge is 0.599 e. The molecule has 0 bridgehead atoms. The van der Waals surface area contributed by atoms with Crippen molar-refractivity contribution in [1.82, 2.24) is 4.81 Å². The lowest BCUT2D eigenvalue weighted by Crippen LogP contribution is -2.47. The fraction of sp³-hybridized carbons (Fsp3) is 0.632. The van der Waals surface area contributed by atoms with Crippen LogP contribution >= 0.6 is 0 Å². The molecule has 0 radical (unpaired) electrons. The summed E-state index contributed by atoms with van der Waals surface area (Å²) in [5.74, 6) is 0. The van der Waals surface area contributed by atoms with Gasteiger partial charge in [-0.05, 0) is 66.2 Å². The zero-order valence-corrected chi connectivity index (χ0v) is 17.3. The van der Waals surface area contributed by atoms with Crippen molar-refractivity contribution >= 4 is 13.3 Å². The lowest BCUT2D eigenvalue weighted by atomic mass is 9.90. The zero-order valence-electron chi connectivity index (χ0n) is 17.3. The number of rotatable bonds is 3. The van der Waals surface area contributed by atoms with E-state index in [0.717, 1.165) is 16.9 Å². The topological polar surface area (TPSA) is 48.0 Å². The molecule has 9 heteroatoms. The second kappa shape index (κ2) is 7.26. The molecule has 156 valence electrons. The molecule has 1 aromatic rings. The second-order valence-corrected chi connectivity index (χ2v) is 8.87. The first-order valence-electron chi connectivity index (χ1n) is 9.03. The molecule has 1 heterocycles.